The molecule has 2 aliphatic carbocycles. The minimum Gasteiger partial charge on any atom is -0.381 e. The fourth-order valence-corrected chi connectivity index (χ4v) is 4.35. The smallest absolute Gasteiger partial charge is 0.156 e. The zero-order valence-corrected chi connectivity index (χ0v) is 13.3. The van der Waals surface area contributed by atoms with Crippen LogP contribution in [0.1, 0.15) is 51.4 Å². The number of ether oxygens (including phenoxy) is 1. The van der Waals surface area contributed by atoms with E-state index in [9.17, 15) is 0 Å². The molecule has 0 radical (unpaired) electrons. The Morgan fingerprint density at radius 2 is 2.10 bits per heavy atom. The van der Waals surface area contributed by atoms with Gasteiger partial charge in [-0.3, -0.25) is 4.99 Å². The van der Waals surface area contributed by atoms with Crippen LogP contribution in [0.4, 0.5) is 0 Å². The highest BCUT2D eigenvalue weighted by atomic mass is 32.2. The molecule has 0 aromatic carbocycles. The molecule has 0 aromatic heterocycles. The van der Waals surface area contributed by atoms with Crippen LogP contribution in [-0.4, -0.2) is 37.2 Å². The lowest BCUT2D eigenvalue weighted by molar-refractivity contribution is 0.123. The van der Waals surface area contributed by atoms with E-state index in [0.29, 0.717) is 5.41 Å². The maximum Gasteiger partial charge on any atom is 0.156 e. The molecule has 0 amide bonds. The van der Waals surface area contributed by atoms with Gasteiger partial charge in [0, 0.05) is 32.1 Å². The summed E-state index contributed by atoms with van der Waals surface area (Å²) in [5.41, 5.74) is 0.543. The molecule has 0 aromatic rings. The van der Waals surface area contributed by atoms with Crippen LogP contribution in [-0.2, 0) is 4.74 Å². The van der Waals surface area contributed by atoms with E-state index in [1.807, 2.05) is 11.8 Å². The van der Waals surface area contributed by atoms with Crippen molar-refractivity contribution in [3.05, 3.63) is 0 Å². The molecule has 0 saturated heterocycles. The molecular formula is C16H28N2OS. The van der Waals surface area contributed by atoms with Crippen molar-refractivity contribution in [2.24, 2.45) is 16.3 Å². The SMILES string of the molecule is C1CCC2(CC1)CN=C(NCCCOCC1CC1)SC2. The molecule has 2 saturated carbocycles. The molecule has 0 bridgehead atoms. The minimum absolute atomic E-state index is 0.543. The monoisotopic (exact) mass is 296 g/mol. The second-order valence-electron chi connectivity index (χ2n) is 6.77. The lowest BCUT2D eigenvalue weighted by Crippen LogP contribution is -2.37. The van der Waals surface area contributed by atoms with Crippen LogP contribution in [0, 0.1) is 11.3 Å². The molecule has 4 heteroatoms. The van der Waals surface area contributed by atoms with Gasteiger partial charge < -0.3 is 10.1 Å². The van der Waals surface area contributed by atoms with Crippen molar-refractivity contribution in [3.63, 3.8) is 0 Å². The Morgan fingerprint density at radius 1 is 1.25 bits per heavy atom. The van der Waals surface area contributed by atoms with Crippen molar-refractivity contribution in [3.8, 4) is 0 Å². The van der Waals surface area contributed by atoms with Crippen LogP contribution in [0.5, 0.6) is 0 Å². The fourth-order valence-electron chi connectivity index (χ4n) is 3.17. The van der Waals surface area contributed by atoms with E-state index >= 15 is 0 Å². The number of rotatable bonds is 6. The highest BCUT2D eigenvalue weighted by Gasteiger charge is 2.34. The zero-order valence-electron chi connectivity index (χ0n) is 12.5. The first kappa shape index (κ1) is 14.7. The molecule has 2 fully saturated rings. The number of nitrogens with zero attached hydrogens (tertiary/aromatic N) is 1. The summed E-state index contributed by atoms with van der Waals surface area (Å²) in [5, 5.41) is 4.65. The molecule has 1 N–H and O–H groups in total. The molecule has 3 nitrogen and oxygen atoms in total. The van der Waals surface area contributed by atoms with Gasteiger partial charge in [0.15, 0.2) is 5.17 Å². The molecule has 1 heterocycles. The Morgan fingerprint density at radius 3 is 2.80 bits per heavy atom. The molecular weight excluding hydrogens is 268 g/mol. The lowest BCUT2D eigenvalue weighted by Gasteiger charge is -2.38. The number of hydrogen-bond acceptors (Lipinski definition) is 4. The Balaban J connectivity index is 1.28. The van der Waals surface area contributed by atoms with Crippen molar-refractivity contribution in [1.82, 2.24) is 5.32 Å². The maximum absolute atomic E-state index is 5.65. The number of nitrogens with one attached hydrogen (secondary N) is 1. The first-order valence-corrected chi connectivity index (χ1v) is 9.34. The summed E-state index contributed by atoms with van der Waals surface area (Å²) in [6.07, 6.45) is 10.9. The van der Waals surface area contributed by atoms with Gasteiger partial charge in [0.25, 0.3) is 0 Å². The van der Waals surface area contributed by atoms with Gasteiger partial charge in [0.05, 0.1) is 0 Å². The van der Waals surface area contributed by atoms with Gasteiger partial charge in [-0.05, 0) is 43.4 Å². The third kappa shape index (κ3) is 4.39. The molecule has 1 aliphatic heterocycles. The predicted molar refractivity (Wildman–Crippen MR) is 86.4 cm³/mol. The number of aliphatic imine (C=N–C) groups is 1. The number of amidine groups is 1. The third-order valence-corrected chi connectivity index (χ3v) is 6.08. The van der Waals surface area contributed by atoms with E-state index < -0.39 is 0 Å². The summed E-state index contributed by atoms with van der Waals surface area (Å²) >= 11 is 1.95. The van der Waals surface area contributed by atoms with Crippen LogP contribution < -0.4 is 5.32 Å². The van der Waals surface area contributed by atoms with E-state index in [2.05, 4.69) is 5.32 Å². The van der Waals surface area contributed by atoms with Gasteiger partial charge in [0.1, 0.15) is 0 Å². The van der Waals surface area contributed by atoms with Gasteiger partial charge in [0.2, 0.25) is 0 Å². The molecule has 0 atom stereocenters. The van der Waals surface area contributed by atoms with Crippen molar-refractivity contribution >= 4 is 16.9 Å². The third-order valence-electron chi connectivity index (χ3n) is 4.78. The van der Waals surface area contributed by atoms with E-state index in [0.717, 1.165) is 38.6 Å². The highest BCUT2D eigenvalue weighted by Crippen LogP contribution is 2.41. The summed E-state index contributed by atoms with van der Waals surface area (Å²) in [6, 6.07) is 0. The van der Waals surface area contributed by atoms with E-state index in [1.165, 1.54) is 55.9 Å². The molecule has 3 aliphatic rings. The maximum atomic E-state index is 5.65. The molecule has 20 heavy (non-hydrogen) atoms. The fraction of sp³-hybridized carbons (Fsp3) is 0.938. The van der Waals surface area contributed by atoms with Gasteiger partial charge in [-0.2, -0.15) is 0 Å². The van der Waals surface area contributed by atoms with Crippen LogP contribution >= 0.6 is 11.8 Å². The van der Waals surface area contributed by atoms with Crippen molar-refractivity contribution in [2.45, 2.75) is 51.4 Å². The zero-order chi connectivity index (χ0) is 13.7. The Labute approximate surface area is 127 Å². The van der Waals surface area contributed by atoms with Gasteiger partial charge in [-0.25, -0.2) is 0 Å². The second kappa shape index (κ2) is 7.17. The van der Waals surface area contributed by atoms with Gasteiger partial charge in [-0.15, -0.1) is 0 Å². The number of thioether (sulfide) groups is 1. The van der Waals surface area contributed by atoms with Crippen LogP contribution in [0.3, 0.4) is 0 Å². The Kier molecular flexibility index (Phi) is 5.27. The summed E-state index contributed by atoms with van der Waals surface area (Å²) in [5.74, 6) is 2.16. The average Bonchev–Trinajstić information content (AvgIpc) is 3.30. The quantitative estimate of drug-likeness (QED) is 0.762. The first-order chi connectivity index (χ1) is 9.86. The molecule has 114 valence electrons. The van der Waals surface area contributed by atoms with Gasteiger partial charge in [-0.1, -0.05) is 31.0 Å². The average molecular weight is 296 g/mol. The Bertz CT molecular complexity index is 335. The van der Waals surface area contributed by atoms with E-state index in [1.54, 1.807) is 0 Å². The van der Waals surface area contributed by atoms with E-state index in [-0.39, 0.29) is 0 Å². The molecule has 0 unspecified atom stereocenters. The first-order valence-electron chi connectivity index (χ1n) is 8.35. The van der Waals surface area contributed by atoms with Crippen LogP contribution in [0.15, 0.2) is 4.99 Å². The summed E-state index contributed by atoms with van der Waals surface area (Å²) in [7, 11) is 0. The standard InChI is InChI=1S/C16H28N2OS/c1-2-7-16(8-3-1)12-18-15(20-13-16)17-9-4-10-19-11-14-5-6-14/h14H,1-13H2,(H,17,18). The summed E-state index contributed by atoms with van der Waals surface area (Å²) in [4.78, 5) is 4.79. The summed E-state index contributed by atoms with van der Waals surface area (Å²) < 4.78 is 5.65. The van der Waals surface area contributed by atoms with Crippen molar-refractivity contribution in [1.29, 1.82) is 0 Å². The molecule has 1 spiro atoms. The summed E-state index contributed by atoms with van der Waals surface area (Å²) in [6.45, 7) is 3.94. The van der Waals surface area contributed by atoms with Crippen LogP contribution in [0.25, 0.3) is 0 Å². The van der Waals surface area contributed by atoms with Crippen molar-refractivity contribution < 1.29 is 4.74 Å². The van der Waals surface area contributed by atoms with Gasteiger partial charge >= 0.3 is 0 Å². The van der Waals surface area contributed by atoms with E-state index in [4.69, 9.17) is 9.73 Å². The second-order valence-corrected chi connectivity index (χ2v) is 7.73. The molecule has 3 rings (SSSR count). The largest absolute Gasteiger partial charge is 0.381 e. The lowest BCUT2D eigenvalue weighted by atomic mass is 9.75. The Hall–Kier alpha value is -0.220. The highest BCUT2D eigenvalue weighted by molar-refractivity contribution is 8.13. The predicted octanol–water partition coefficient (Wildman–Crippen LogP) is 3.45. The topological polar surface area (TPSA) is 33.6 Å². The normalized spacial score (nSPS) is 25.5. The number of hydrogen-bond donors (Lipinski definition) is 1. The van der Waals surface area contributed by atoms with Crippen molar-refractivity contribution in [2.75, 3.05) is 32.1 Å². The minimum atomic E-state index is 0.543. The van der Waals surface area contributed by atoms with Crippen LogP contribution in [0.2, 0.25) is 0 Å².